The molecule has 1 aromatic carbocycles. The zero-order valence-electron chi connectivity index (χ0n) is 8.31. The number of hydrogen-bond acceptors (Lipinski definition) is 3. The number of aliphatic hydroxyl groups excluding tert-OH is 1. The molecule has 1 fully saturated rings. The lowest BCUT2D eigenvalue weighted by Gasteiger charge is -1.89. The average Bonchev–Trinajstić information content (AvgIpc) is 2.63. The minimum absolute atomic E-state index is 0.176. The van der Waals surface area contributed by atoms with Gasteiger partial charge in [-0.25, -0.2) is 0 Å². The zero-order valence-corrected chi connectivity index (χ0v) is 9.21. The van der Waals surface area contributed by atoms with E-state index in [0.717, 1.165) is 17.9 Å². The van der Waals surface area contributed by atoms with Crippen LogP contribution in [0.1, 0.15) is 12.0 Å². The first-order valence-electron chi connectivity index (χ1n) is 4.70. The molecule has 0 unspecified atom stereocenters. The van der Waals surface area contributed by atoms with Crippen molar-refractivity contribution < 1.29 is 9.84 Å². The smallest absolute Gasteiger partial charge is 0.0795 e. The van der Waals surface area contributed by atoms with Crippen molar-refractivity contribution in [2.45, 2.75) is 24.3 Å². The van der Waals surface area contributed by atoms with Crippen molar-refractivity contribution >= 4 is 12.6 Å². The fourth-order valence-electron chi connectivity index (χ4n) is 1.07. The van der Waals surface area contributed by atoms with Crippen LogP contribution in [0.15, 0.2) is 29.2 Å². The van der Waals surface area contributed by atoms with E-state index in [9.17, 15) is 0 Å². The molecule has 0 aromatic heterocycles. The van der Waals surface area contributed by atoms with Crippen LogP contribution in [0.4, 0.5) is 0 Å². The Kier molecular flexibility index (Phi) is 5.01. The van der Waals surface area contributed by atoms with Crippen molar-refractivity contribution in [2.24, 2.45) is 0 Å². The summed E-state index contributed by atoms with van der Waals surface area (Å²) in [6.45, 7) is 3.34. The van der Waals surface area contributed by atoms with Gasteiger partial charge in [-0.1, -0.05) is 17.7 Å². The highest BCUT2D eigenvalue weighted by molar-refractivity contribution is 7.80. The molecule has 14 heavy (non-hydrogen) atoms. The molecular formula is C11H16O2S. The van der Waals surface area contributed by atoms with Crippen molar-refractivity contribution in [1.29, 1.82) is 0 Å². The summed E-state index contributed by atoms with van der Waals surface area (Å²) >= 11 is 4.13. The summed E-state index contributed by atoms with van der Waals surface area (Å²) in [7, 11) is 0. The molecule has 1 N–H and O–H groups in total. The van der Waals surface area contributed by atoms with E-state index >= 15 is 0 Å². The molecule has 0 bridgehead atoms. The number of rotatable bonds is 0. The lowest BCUT2D eigenvalue weighted by atomic mass is 10.2. The lowest BCUT2D eigenvalue weighted by molar-refractivity contribution is 0.127. The Morgan fingerprint density at radius 3 is 2.29 bits per heavy atom. The normalized spacial score (nSPS) is 20.1. The first-order valence-corrected chi connectivity index (χ1v) is 5.14. The monoisotopic (exact) mass is 212 g/mol. The summed E-state index contributed by atoms with van der Waals surface area (Å²) in [4.78, 5) is 1.02. The van der Waals surface area contributed by atoms with E-state index < -0.39 is 0 Å². The number of benzene rings is 1. The van der Waals surface area contributed by atoms with Gasteiger partial charge in [0, 0.05) is 11.5 Å². The van der Waals surface area contributed by atoms with E-state index in [1.807, 2.05) is 24.3 Å². The van der Waals surface area contributed by atoms with Crippen molar-refractivity contribution in [1.82, 2.24) is 0 Å². The maximum absolute atomic E-state index is 8.60. The fourth-order valence-corrected chi connectivity index (χ4v) is 1.22. The van der Waals surface area contributed by atoms with Gasteiger partial charge in [-0.15, -0.1) is 12.6 Å². The third kappa shape index (κ3) is 4.65. The standard InChI is InChI=1S/C7H8S.C4H8O2/c1-6-2-4-7(8)5-3-6;5-4-1-2-6-3-4/h2-5,8H,1H3;4-5H,1-3H2/t;4-/m.0/s1. The minimum atomic E-state index is -0.176. The topological polar surface area (TPSA) is 29.5 Å². The van der Waals surface area contributed by atoms with Crippen molar-refractivity contribution in [3.63, 3.8) is 0 Å². The molecule has 1 aliphatic heterocycles. The van der Waals surface area contributed by atoms with Gasteiger partial charge in [0.1, 0.15) is 0 Å². The van der Waals surface area contributed by atoms with E-state index in [1.165, 1.54) is 5.56 Å². The Morgan fingerprint density at radius 1 is 1.36 bits per heavy atom. The molecule has 0 saturated carbocycles. The third-order valence-corrected chi connectivity index (χ3v) is 2.24. The van der Waals surface area contributed by atoms with Crippen molar-refractivity contribution in [2.75, 3.05) is 13.2 Å². The summed E-state index contributed by atoms with van der Waals surface area (Å²) in [5.41, 5.74) is 1.28. The van der Waals surface area contributed by atoms with Crippen LogP contribution in [0.5, 0.6) is 0 Å². The van der Waals surface area contributed by atoms with Gasteiger partial charge in [0.15, 0.2) is 0 Å². The third-order valence-electron chi connectivity index (χ3n) is 1.94. The predicted molar refractivity (Wildman–Crippen MR) is 59.9 cm³/mol. The number of aliphatic hydroxyl groups is 1. The summed E-state index contributed by atoms with van der Waals surface area (Å²) in [5.74, 6) is 0. The van der Waals surface area contributed by atoms with Crippen LogP contribution in [0.25, 0.3) is 0 Å². The van der Waals surface area contributed by atoms with Crippen molar-refractivity contribution in [3.05, 3.63) is 29.8 Å². The second-order valence-corrected chi connectivity index (χ2v) is 3.87. The van der Waals surface area contributed by atoms with Gasteiger partial charge in [0.2, 0.25) is 0 Å². The first kappa shape index (κ1) is 11.6. The van der Waals surface area contributed by atoms with Gasteiger partial charge in [-0.3, -0.25) is 0 Å². The molecule has 2 rings (SSSR count). The summed E-state index contributed by atoms with van der Waals surface area (Å²) in [6, 6.07) is 8.06. The van der Waals surface area contributed by atoms with Crippen LogP contribution < -0.4 is 0 Å². The van der Waals surface area contributed by atoms with Gasteiger partial charge in [-0.2, -0.15) is 0 Å². The predicted octanol–water partition coefficient (Wildman–Crippen LogP) is 2.05. The van der Waals surface area contributed by atoms with E-state index in [2.05, 4.69) is 19.6 Å². The lowest BCUT2D eigenvalue weighted by Crippen LogP contribution is -2.02. The summed E-state index contributed by atoms with van der Waals surface area (Å²) < 4.78 is 4.81. The Labute approximate surface area is 90.3 Å². The summed E-state index contributed by atoms with van der Waals surface area (Å²) in [6.07, 6.45) is 0.644. The highest BCUT2D eigenvalue weighted by Gasteiger charge is 2.09. The maximum atomic E-state index is 8.60. The molecule has 0 radical (unpaired) electrons. The number of thiol groups is 1. The van der Waals surface area contributed by atoms with Crippen LogP contribution in [-0.2, 0) is 4.74 Å². The van der Waals surface area contributed by atoms with Gasteiger partial charge in [-0.05, 0) is 25.5 Å². The number of ether oxygens (including phenoxy) is 1. The highest BCUT2D eigenvalue weighted by Crippen LogP contribution is 2.05. The van der Waals surface area contributed by atoms with Gasteiger partial charge < -0.3 is 9.84 Å². The Balaban J connectivity index is 0.000000146. The molecular weight excluding hydrogens is 196 g/mol. The second kappa shape index (κ2) is 6.06. The van der Waals surface area contributed by atoms with Gasteiger partial charge >= 0.3 is 0 Å². The molecule has 3 heteroatoms. The highest BCUT2D eigenvalue weighted by atomic mass is 32.1. The van der Waals surface area contributed by atoms with E-state index in [4.69, 9.17) is 9.84 Å². The molecule has 1 saturated heterocycles. The Bertz CT molecular complexity index is 231. The molecule has 1 aromatic rings. The van der Waals surface area contributed by atoms with Crippen LogP contribution >= 0.6 is 12.6 Å². The van der Waals surface area contributed by atoms with Crippen LogP contribution in [-0.4, -0.2) is 24.4 Å². The minimum Gasteiger partial charge on any atom is -0.391 e. The molecule has 1 heterocycles. The average molecular weight is 212 g/mol. The van der Waals surface area contributed by atoms with Crippen molar-refractivity contribution in [3.8, 4) is 0 Å². The fraction of sp³-hybridized carbons (Fsp3) is 0.455. The molecule has 1 atom stereocenters. The van der Waals surface area contributed by atoms with Crippen LogP contribution in [0.2, 0.25) is 0 Å². The Morgan fingerprint density at radius 2 is 2.00 bits per heavy atom. The quantitative estimate of drug-likeness (QED) is 0.645. The first-order chi connectivity index (χ1) is 6.68. The van der Waals surface area contributed by atoms with Crippen LogP contribution in [0.3, 0.4) is 0 Å². The molecule has 0 amide bonds. The second-order valence-electron chi connectivity index (χ2n) is 3.35. The van der Waals surface area contributed by atoms with Gasteiger partial charge in [0.05, 0.1) is 12.7 Å². The summed E-state index contributed by atoms with van der Waals surface area (Å²) in [5, 5.41) is 8.60. The Hall–Kier alpha value is -0.510. The molecule has 1 aliphatic rings. The van der Waals surface area contributed by atoms with E-state index in [0.29, 0.717) is 6.61 Å². The van der Waals surface area contributed by atoms with E-state index in [-0.39, 0.29) is 6.10 Å². The molecule has 0 aliphatic carbocycles. The molecule has 78 valence electrons. The maximum Gasteiger partial charge on any atom is 0.0795 e. The van der Waals surface area contributed by atoms with Gasteiger partial charge in [0.25, 0.3) is 0 Å². The zero-order chi connectivity index (χ0) is 10.4. The van der Waals surface area contributed by atoms with E-state index in [1.54, 1.807) is 0 Å². The number of hydrogen-bond donors (Lipinski definition) is 2. The largest absolute Gasteiger partial charge is 0.391 e. The molecule has 2 nitrogen and oxygen atoms in total. The molecule has 0 spiro atoms. The SMILES string of the molecule is Cc1ccc(S)cc1.O[C@H]1CCOC1. The van der Waals surface area contributed by atoms with Crippen LogP contribution in [0, 0.1) is 6.92 Å². The number of aryl methyl sites for hydroxylation is 1.